The van der Waals surface area contributed by atoms with Crippen molar-refractivity contribution in [1.82, 2.24) is 0 Å². The first-order valence-electron chi connectivity index (χ1n) is 5.25. The fraction of sp³-hybridized carbons (Fsp3) is 1.00. The third kappa shape index (κ3) is 2.89. The molecule has 0 bridgehead atoms. The molecule has 5 unspecified atom stereocenters. The van der Waals surface area contributed by atoms with Crippen LogP contribution in [-0.4, -0.2) is 52.6 Å². The predicted octanol–water partition coefficient (Wildman–Crippen LogP) is -0.514. The van der Waals surface area contributed by atoms with Crippen LogP contribution < -0.4 is 0 Å². The van der Waals surface area contributed by atoms with Crippen LogP contribution in [0.5, 0.6) is 0 Å². The van der Waals surface area contributed by atoms with E-state index in [4.69, 9.17) is 14.6 Å². The van der Waals surface area contributed by atoms with Crippen molar-refractivity contribution in [2.75, 3.05) is 6.61 Å². The molecule has 0 amide bonds. The summed E-state index contributed by atoms with van der Waals surface area (Å²) in [5.74, 6) is -0.315. The van der Waals surface area contributed by atoms with Gasteiger partial charge in [0.25, 0.3) is 0 Å². The van der Waals surface area contributed by atoms with E-state index in [1.165, 1.54) is 0 Å². The highest BCUT2D eigenvalue weighted by Gasteiger charge is 2.43. The highest BCUT2D eigenvalue weighted by Crippen LogP contribution is 2.27. The third-order valence-corrected chi connectivity index (χ3v) is 2.61. The van der Waals surface area contributed by atoms with Gasteiger partial charge in [-0.2, -0.15) is 0 Å². The molecule has 0 aromatic rings. The molecule has 0 aromatic heterocycles. The first kappa shape index (κ1) is 12.9. The topological polar surface area (TPSA) is 79.2 Å². The van der Waals surface area contributed by atoms with Gasteiger partial charge in [-0.25, -0.2) is 0 Å². The van der Waals surface area contributed by atoms with Crippen molar-refractivity contribution in [2.45, 2.75) is 51.5 Å². The van der Waals surface area contributed by atoms with Gasteiger partial charge in [0.2, 0.25) is 0 Å². The van der Waals surface area contributed by atoms with E-state index in [1.54, 1.807) is 6.92 Å². The van der Waals surface area contributed by atoms with Crippen molar-refractivity contribution in [3.63, 3.8) is 0 Å². The van der Waals surface area contributed by atoms with Crippen molar-refractivity contribution in [2.24, 2.45) is 5.92 Å². The average Bonchev–Trinajstić information content (AvgIpc) is 2.18. The van der Waals surface area contributed by atoms with Gasteiger partial charge in [-0.05, 0) is 13.8 Å². The fourth-order valence-corrected chi connectivity index (χ4v) is 1.74. The first-order valence-corrected chi connectivity index (χ1v) is 5.25. The van der Waals surface area contributed by atoms with Crippen LogP contribution in [0.2, 0.25) is 0 Å². The maximum absolute atomic E-state index is 9.84. The van der Waals surface area contributed by atoms with E-state index in [0.29, 0.717) is 0 Å². The van der Waals surface area contributed by atoms with E-state index in [1.807, 2.05) is 13.8 Å². The summed E-state index contributed by atoms with van der Waals surface area (Å²) in [7, 11) is 0. The van der Waals surface area contributed by atoms with Gasteiger partial charge >= 0.3 is 0 Å². The highest BCUT2D eigenvalue weighted by atomic mass is 16.6. The van der Waals surface area contributed by atoms with E-state index in [-0.39, 0.29) is 18.6 Å². The Bertz CT molecular complexity index is 196. The molecule has 90 valence electrons. The molecule has 5 heteroatoms. The fourth-order valence-electron chi connectivity index (χ4n) is 1.74. The second-order valence-electron chi connectivity index (χ2n) is 4.25. The normalized spacial score (nSPS) is 42.2. The lowest BCUT2D eigenvalue weighted by Crippen LogP contribution is -2.56. The van der Waals surface area contributed by atoms with Gasteiger partial charge in [0.05, 0.1) is 18.8 Å². The van der Waals surface area contributed by atoms with Gasteiger partial charge in [0.15, 0.2) is 6.29 Å². The summed E-state index contributed by atoms with van der Waals surface area (Å²) in [6.45, 7) is 5.13. The number of hydrogen-bond donors (Lipinski definition) is 3. The molecule has 0 aromatic carbocycles. The van der Waals surface area contributed by atoms with Crippen LogP contribution in [0.4, 0.5) is 0 Å². The Labute approximate surface area is 89.6 Å². The highest BCUT2D eigenvalue weighted by molar-refractivity contribution is 4.87. The molecule has 1 fully saturated rings. The van der Waals surface area contributed by atoms with Crippen LogP contribution in [-0.2, 0) is 9.47 Å². The summed E-state index contributed by atoms with van der Waals surface area (Å²) >= 11 is 0. The molecule has 15 heavy (non-hydrogen) atoms. The molecule has 1 heterocycles. The van der Waals surface area contributed by atoms with E-state index in [0.717, 1.165) is 0 Å². The molecule has 5 nitrogen and oxygen atoms in total. The molecule has 1 saturated heterocycles. The predicted molar refractivity (Wildman–Crippen MR) is 53.1 cm³/mol. The Hall–Kier alpha value is -0.200. The van der Waals surface area contributed by atoms with Crippen molar-refractivity contribution in [3.8, 4) is 0 Å². The summed E-state index contributed by atoms with van der Waals surface area (Å²) in [6.07, 6.45) is -3.24. The van der Waals surface area contributed by atoms with Crippen LogP contribution in [0, 0.1) is 5.92 Å². The SMILES string of the molecule is CC(C)OC1C(C)C(O)OC(CO)C1O. The molecule has 0 radical (unpaired) electrons. The van der Waals surface area contributed by atoms with Crippen LogP contribution in [0.15, 0.2) is 0 Å². The van der Waals surface area contributed by atoms with Crippen molar-refractivity contribution >= 4 is 0 Å². The lowest BCUT2D eigenvalue weighted by molar-refractivity contribution is -0.279. The summed E-state index contributed by atoms with van der Waals surface area (Å²) < 4.78 is 10.6. The van der Waals surface area contributed by atoms with Crippen LogP contribution in [0.25, 0.3) is 0 Å². The summed E-state index contributed by atoms with van der Waals surface area (Å²) in [6, 6.07) is 0. The smallest absolute Gasteiger partial charge is 0.160 e. The second kappa shape index (κ2) is 5.23. The Morgan fingerprint density at radius 1 is 1.33 bits per heavy atom. The Balaban J connectivity index is 2.70. The van der Waals surface area contributed by atoms with E-state index >= 15 is 0 Å². The molecule has 3 N–H and O–H groups in total. The third-order valence-electron chi connectivity index (χ3n) is 2.61. The summed E-state index contributed by atoms with van der Waals surface area (Å²) in [5.41, 5.74) is 0. The van der Waals surface area contributed by atoms with Crippen molar-refractivity contribution in [3.05, 3.63) is 0 Å². The van der Waals surface area contributed by atoms with Crippen molar-refractivity contribution < 1.29 is 24.8 Å². The molecular weight excluding hydrogens is 200 g/mol. The minimum absolute atomic E-state index is 0.0447. The number of aliphatic hydroxyl groups is 3. The number of ether oxygens (including phenoxy) is 2. The summed E-state index contributed by atoms with van der Waals surface area (Å²) in [4.78, 5) is 0. The monoisotopic (exact) mass is 220 g/mol. The van der Waals surface area contributed by atoms with Crippen LogP contribution in [0.3, 0.4) is 0 Å². The second-order valence-corrected chi connectivity index (χ2v) is 4.25. The first-order chi connectivity index (χ1) is 6.97. The molecule has 0 aliphatic carbocycles. The quantitative estimate of drug-likeness (QED) is 0.597. The minimum Gasteiger partial charge on any atom is -0.394 e. The standard InChI is InChI=1S/C10H20O5/c1-5(2)14-9-6(3)10(13)15-7(4-11)8(9)12/h5-13H,4H2,1-3H3. The zero-order valence-electron chi connectivity index (χ0n) is 9.33. The van der Waals surface area contributed by atoms with Crippen LogP contribution >= 0.6 is 0 Å². The zero-order valence-corrected chi connectivity index (χ0v) is 9.33. The maximum atomic E-state index is 9.84. The zero-order chi connectivity index (χ0) is 11.6. The Kier molecular flexibility index (Phi) is 4.48. The van der Waals surface area contributed by atoms with Gasteiger partial charge in [0, 0.05) is 5.92 Å². The van der Waals surface area contributed by atoms with Crippen LogP contribution in [0.1, 0.15) is 20.8 Å². The largest absolute Gasteiger partial charge is 0.394 e. The maximum Gasteiger partial charge on any atom is 0.160 e. The Morgan fingerprint density at radius 3 is 2.40 bits per heavy atom. The molecule has 1 aliphatic rings. The van der Waals surface area contributed by atoms with E-state index < -0.39 is 24.6 Å². The molecule has 5 atom stereocenters. The molecule has 1 aliphatic heterocycles. The van der Waals surface area contributed by atoms with Gasteiger partial charge in [-0.15, -0.1) is 0 Å². The molecule has 1 rings (SSSR count). The number of hydrogen-bond acceptors (Lipinski definition) is 5. The van der Waals surface area contributed by atoms with E-state index in [2.05, 4.69) is 0 Å². The minimum atomic E-state index is -1.01. The van der Waals surface area contributed by atoms with Gasteiger partial charge in [-0.3, -0.25) is 0 Å². The van der Waals surface area contributed by atoms with Crippen molar-refractivity contribution in [1.29, 1.82) is 0 Å². The Morgan fingerprint density at radius 2 is 1.93 bits per heavy atom. The molecule has 0 spiro atoms. The average molecular weight is 220 g/mol. The summed E-state index contributed by atoms with van der Waals surface area (Å²) in [5, 5.41) is 28.4. The molecule has 0 saturated carbocycles. The van der Waals surface area contributed by atoms with Gasteiger partial charge in [0.1, 0.15) is 12.2 Å². The number of aliphatic hydroxyl groups excluding tert-OH is 3. The van der Waals surface area contributed by atoms with Gasteiger partial charge in [-0.1, -0.05) is 6.92 Å². The molecular formula is C10H20O5. The lowest BCUT2D eigenvalue weighted by atomic mass is 9.92. The number of rotatable bonds is 3. The lowest BCUT2D eigenvalue weighted by Gasteiger charge is -2.41. The van der Waals surface area contributed by atoms with Gasteiger partial charge < -0.3 is 24.8 Å². The van der Waals surface area contributed by atoms with E-state index in [9.17, 15) is 10.2 Å².